The number of likely N-dealkylation sites (tertiary alicyclic amines) is 1. The van der Waals surface area contributed by atoms with Crippen LogP contribution in [-0.2, 0) is 18.4 Å². The fourth-order valence-corrected chi connectivity index (χ4v) is 6.72. The summed E-state index contributed by atoms with van der Waals surface area (Å²) in [6, 6.07) is 16.6. The van der Waals surface area contributed by atoms with E-state index in [9.17, 15) is 10.2 Å². The molecule has 0 spiro atoms. The Balaban J connectivity index is 1.34. The van der Waals surface area contributed by atoms with Gasteiger partial charge in [-0.1, -0.05) is 38.5 Å². The number of hydrogen-bond donors (Lipinski definition) is 2. The van der Waals surface area contributed by atoms with Crippen molar-refractivity contribution in [3.05, 3.63) is 82.7 Å². The van der Waals surface area contributed by atoms with Gasteiger partial charge in [-0.05, 0) is 110 Å². The summed E-state index contributed by atoms with van der Waals surface area (Å²) in [7, 11) is 0. The van der Waals surface area contributed by atoms with Crippen LogP contribution in [-0.4, -0.2) is 47.9 Å². The lowest BCUT2D eigenvalue weighted by atomic mass is 9.63. The Morgan fingerprint density at radius 1 is 0.975 bits per heavy atom. The molecule has 5 nitrogen and oxygen atoms in total. The number of aromatic hydroxyl groups is 2. The number of anilines is 1. The van der Waals surface area contributed by atoms with Crippen molar-refractivity contribution in [2.24, 2.45) is 0 Å². The summed E-state index contributed by atoms with van der Waals surface area (Å²) in [5.74, 6) is 0.717. The maximum absolute atomic E-state index is 15.1. The van der Waals surface area contributed by atoms with Crippen molar-refractivity contribution >= 4 is 5.69 Å². The van der Waals surface area contributed by atoms with Gasteiger partial charge < -0.3 is 19.8 Å². The number of halogens is 1. The van der Waals surface area contributed by atoms with E-state index in [1.54, 1.807) is 24.3 Å². The molecule has 214 valence electrons. The van der Waals surface area contributed by atoms with E-state index in [0.717, 1.165) is 43.7 Å². The molecule has 40 heavy (non-hydrogen) atoms. The van der Waals surface area contributed by atoms with Crippen molar-refractivity contribution in [1.29, 1.82) is 0 Å². The minimum atomic E-state index is -0.336. The molecule has 1 heterocycles. The van der Waals surface area contributed by atoms with Crippen molar-refractivity contribution in [3.8, 4) is 17.2 Å². The summed E-state index contributed by atoms with van der Waals surface area (Å²) in [5, 5.41) is 20.5. The Labute approximate surface area is 238 Å². The van der Waals surface area contributed by atoms with Gasteiger partial charge in [0, 0.05) is 31.4 Å². The van der Waals surface area contributed by atoms with Gasteiger partial charge >= 0.3 is 0 Å². The Morgan fingerprint density at radius 3 is 2.48 bits per heavy atom. The van der Waals surface area contributed by atoms with E-state index in [2.05, 4.69) is 30.6 Å². The molecule has 0 amide bonds. The number of hydrogen-bond acceptors (Lipinski definition) is 5. The lowest BCUT2D eigenvalue weighted by Crippen LogP contribution is -2.34. The molecule has 0 aromatic heterocycles. The number of ether oxygens (including phenoxy) is 1. The minimum Gasteiger partial charge on any atom is -0.508 e. The van der Waals surface area contributed by atoms with E-state index in [1.807, 2.05) is 30.3 Å². The monoisotopic (exact) mass is 546 g/mol. The molecule has 3 aromatic carbocycles. The number of phenols is 2. The highest BCUT2D eigenvalue weighted by Gasteiger charge is 2.39. The van der Waals surface area contributed by atoms with Crippen molar-refractivity contribution in [1.82, 2.24) is 4.90 Å². The Bertz CT molecular complexity index is 1320. The zero-order valence-corrected chi connectivity index (χ0v) is 24.1. The molecule has 3 aromatic rings. The normalized spacial score (nSPS) is 18.8. The lowest BCUT2D eigenvalue weighted by Gasteiger charge is -2.42. The number of nitrogens with zero attached hydrogens (tertiary/aromatic N) is 2. The third kappa shape index (κ3) is 6.07. The van der Waals surface area contributed by atoms with E-state index in [0.29, 0.717) is 31.2 Å². The molecule has 1 saturated heterocycles. The van der Waals surface area contributed by atoms with Gasteiger partial charge in [0.1, 0.15) is 18.1 Å². The maximum atomic E-state index is 15.1. The predicted molar refractivity (Wildman–Crippen MR) is 159 cm³/mol. The SMILES string of the molecule is CCN(Cc1ccc(OCCN2CCCCC2)c(F)c1)c1cc(O)ccc1C1CCc2cc(O)ccc2C1(C)C. The third-order valence-electron chi connectivity index (χ3n) is 8.95. The average Bonchev–Trinajstić information content (AvgIpc) is 2.93. The van der Waals surface area contributed by atoms with Crippen molar-refractivity contribution in [3.63, 3.8) is 0 Å². The second-order valence-corrected chi connectivity index (χ2v) is 11.9. The minimum absolute atomic E-state index is 0.161. The van der Waals surface area contributed by atoms with Crippen LogP contribution in [0.2, 0.25) is 0 Å². The first-order valence-corrected chi connectivity index (χ1v) is 14.8. The standard InChI is InChI=1S/C34H43FN2O3/c1-4-37(23-24-8-15-33(31(35)20-24)40-19-18-36-16-6-5-7-17-36)32-22-27(39)10-12-28(32)30-13-9-25-21-26(38)11-14-29(25)34(30,2)3/h8,10-12,14-15,20-22,30,38-39H,4-7,9,13,16-19,23H2,1-3H3. The quantitative estimate of drug-likeness (QED) is 0.299. The van der Waals surface area contributed by atoms with E-state index < -0.39 is 0 Å². The van der Waals surface area contributed by atoms with Crippen molar-refractivity contribution < 1.29 is 19.3 Å². The van der Waals surface area contributed by atoms with Crippen molar-refractivity contribution in [2.75, 3.05) is 37.7 Å². The van der Waals surface area contributed by atoms with Crippen LogP contribution in [0.25, 0.3) is 0 Å². The van der Waals surface area contributed by atoms with Gasteiger partial charge in [0.2, 0.25) is 0 Å². The summed E-state index contributed by atoms with van der Waals surface area (Å²) in [5.41, 5.74) is 5.31. The largest absolute Gasteiger partial charge is 0.508 e. The van der Waals surface area contributed by atoms with Gasteiger partial charge in [-0.2, -0.15) is 0 Å². The van der Waals surface area contributed by atoms with Gasteiger partial charge in [-0.15, -0.1) is 0 Å². The number of rotatable bonds is 9. The number of benzene rings is 3. The molecule has 1 atom stereocenters. The van der Waals surface area contributed by atoms with E-state index in [-0.39, 0.29) is 22.9 Å². The summed E-state index contributed by atoms with van der Waals surface area (Å²) in [6.07, 6.45) is 5.58. The third-order valence-corrected chi connectivity index (χ3v) is 8.95. The average molecular weight is 547 g/mol. The van der Waals surface area contributed by atoms with E-state index in [1.165, 1.54) is 36.0 Å². The predicted octanol–water partition coefficient (Wildman–Crippen LogP) is 7.14. The Morgan fingerprint density at radius 2 is 1.73 bits per heavy atom. The molecule has 6 heteroatoms. The highest BCUT2D eigenvalue weighted by Crippen LogP contribution is 2.50. The molecular weight excluding hydrogens is 503 g/mol. The second kappa shape index (κ2) is 12.1. The van der Waals surface area contributed by atoms with Crippen LogP contribution in [0, 0.1) is 5.82 Å². The number of piperidine rings is 1. The molecule has 0 radical (unpaired) electrons. The fraction of sp³-hybridized carbons (Fsp3) is 0.471. The van der Waals surface area contributed by atoms with E-state index >= 15 is 4.39 Å². The van der Waals surface area contributed by atoms with Crippen LogP contribution in [0.1, 0.15) is 74.6 Å². The molecule has 2 aliphatic rings. The fourth-order valence-electron chi connectivity index (χ4n) is 6.72. The van der Waals surface area contributed by atoms with Gasteiger partial charge in [-0.3, -0.25) is 4.90 Å². The van der Waals surface area contributed by atoms with E-state index in [4.69, 9.17) is 4.74 Å². The van der Waals surface area contributed by atoms with Gasteiger partial charge in [0.25, 0.3) is 0 Å². The Hall–Kier alpha value is -3.25. The first-order chi connectivity index (χ1) is 19.3. The first kappa shape index (κ1) is 28.3. The smallest absolute Gasteiger partial charge is 0.165 e. The topological polar surface area (TPSA) is 56.2 Å². The van der Waals surface area contributed by atoms with Crippen LogP contribution in [0.4, 0.5) is 10.1 Å². The summed E-state index contributed by atoms with van der Waals surface area (Å²) >= 11 is 0. The number of phenolic OH excluding ortho intramolecular Hbond substituents is 2. The maximum Gasteiger partial charge on any atom is 0.165 e. The number of aryl methyl sites for hydroxylation is 1. The van der Waals surface area contributed by atoms with Crippen LogP contribution < -0.4 is 9.64 Å². The molecule has 1 fully saturated rings. The highest BCUT2D eigenvalue weighted by atomic mass is 19.1. The molecule has 0 bridgehead atoms. The van der Waals surface area contributed by atoms with Crippen molar-refractivity contribution in [2.45, 2.75) is 70.8 Å². The second-order valence-electron chi connectivity index (χ2n) is 11.9. The first-order valence-electron chi connectivity index (χ1n) is 14.8. The van der Waals surface area contributed by atoms with Crippen LogP contribution in [0.15, 0.2) is 54.6 Å². The zero-order valence-electron chi connectivity index (χ0n) is 24.1. The number of fused-ring (bicyclic) bond motifs is 1. The zero-order chi connectivity index (χ0) is 28.3. The molecule has 1 aliphatic heterocycles. The molecular formula is C34H43FN2O3. The van der Waals surface area contributed by atoms with Gasteiger partial charge in [0.15, 0.2) is 11.6 Å². The van der Waals surface area contributed by atoms with Crippen LogP contribution >= 0.6 is 0 Å². The van der Waals surface area contributed by atoms with Gasteiger partial charge in [0.05, 0.1) is 0 Å². The summed E-state index contributed by atoms with van der Waals surface area (Å²) in [6.45, 7) is 11.4. The Kier molecular flexibility index (Phi) is 8.55. The summed E-state index contributed by atoms with van der Waals surface area (Å²) in [4.78, 5) is 4.60. The van der Waals surface area contributed by atoms with Crippen LogP contribution in [0.3, 0.4) is 0 Å². The molecule has 0 saturated carbocycles. The van der Waals surface area contributed by atoms with Gasteiger partial charge in [-0.25, -0.2) is 4.39 Å². The molecule has 1 unspecified atom stereocenters. The molecule has 2 N–H and O–H groups in total. The van der Waals surface area contributed by atoms with Crippen LogP contribution in [0.5, 0.6) is 17.2 Å². The summed E-state index contributed by atoms with van der Waals surface area (Å²) < 4.78 is 20.9. The molecule has 1 aliphatic carbocycles. The lowest BCUT2D eigenvalue weighted by molar-refractivity contribution is 0.180. The highest BCUT2D eigenvalue weighted by molar-refractivity contribution is 5.61. The molecule has 5 rings (SSSR count).